The van der Waals surface area contributed by atoms with Crippen LogP contribution in [0.25, 0.3) is 0 Å². The van der Waals surface area contributed by atoms with Gasteiger partial charge in [-0.25, -0.2) is 0 Å². The van der Waals surface area contributed by atoms with Crippen LogP contribution in [-0.4, -0.2) is 54.6 Å². The molecule has 2 unspecified atom stereocenters. The van der Waals surface area contributed by atoms with E-state index in [-0.39, 0.29) is 18.4 Å². The van der Waals surface area contributed by atoms with Gasteiger partial charge >= 0.3 is 5.97 Å². The highest BCUT2D eigenvalue weighted by Gasteiger charge is 2.22. The number of rotatable bonds is 7. The molecule has 0 saturated heterocycles. The Morgan fingerprint density at radius 1 is 1.35 bits per heavy atom. The summed E-state index contributed by atoms with van der Waals surface area (Å²) in [5.41, 5.74) is 5.49. The molecule has 100 valence electrons. The van der Waals surface area contributed by atoms with E-state index in [4.69, 9.17) is 10.8 Å². The third-order valence-corrected chi connectivity index (χ3v) is 2.43. The van der Waals surface area contributed by atoms with Gasteiger partial charge in [0.1, 0.15) is 0 Å². The van der Waals surface area contributed by atoms with Gasteiger partial charge in [0.25, 0.3) is 0 Å². The number of aliphatic carboxylic acids is 1. The highest BCUT2D eigenvalue weighted by atomic mass is 16.4. The Morgan fingerprint density at radius 2 is 1.88 bits per heavy atom. The molecule has 0 aromatic heterocycles. The Labute approximate surface area is 102 Å². The van der Waals surface area contributed by atoms with Gasteiger partial charge in [0.15, 0.2) is 0 Å². The second-order valence-corrected chi connectivity index (χ2v) is 4.83. The zero-order valence-electron chi connectivity index (χ0n) is 10.9. The Kier molecular flexibility index (Phi) is 6.75. The van der Waals surface area contributed by atoms with E-state index in [2.05, 4.69) is 5.32 Å². The van der Waals surface area contributed by atoms with E-state index >= 15 is 0 Å². The zero-order valence-corrected chi connectivity index (χ0v) is 10.9. The maximum absolute atomic E-state index is 11.7. The van der Waals surface area contributed by atoms with E-state index in [0.29, 0.717) is 6.54 Å². The molecule has 0 aromatic rings. The summed E-state index contributed by atoms with van der Waals surface area (Å²) >= 11 is 0. The lowest BCUT2D eigenvalue weighted by atomic mass is 10.0. The van der Waals surface area contributed by atoms with Crippen LogP contribution >= 0.6 is 0 Å². The summed E-state index contributed by atoms with van der Waals surface area (Å²) in [6.45, 7) is 4.69. The molecule has 0 aliphatic heterocycles. The standard InChI is InChI=1S/C11H23N3O3/c1-7(2)9(6-14(3)4)13-11(17)8(12)5-10(15)16/h7-9H,5-6,12H2,1-4H3,(H,13,17)(H,15,16). The largest absolute Gasteiger partial charge is 0.481 e. The minimum absolute atomic E-state index is 0.0302. The number of carbonyl (C=O) groups excluding carboxylic acids is 1. The molecule has 4 N–H and O–H groups in total. The normalized spacial score (nSPS) is 14.8. The number of hydrogen-bond donors (Lipinski definition) is 3. The van der Waals surface area contributed by atoms with Gasteiger partial charge in [-0.2, -0.15) is 0 Å². The average Bonchev–Trinajstić information content (AvgIpc) is 2.14. The van der Waals surface area contributed by atoms with Crippen LogP contribution in [0.3, 0.4) is 0 Å². The molecule has 0 radical (unpaired) electrons. The predicted molar refractivity (Wildman–Crippen MR) is 65.6 cm³/mol. The van der Waals surface area contributed by atoms with Gasteiger partial charge in [-0.05, 0) is 20.0 Å². The summed E-state index contributed by atoms with van der Waals surface area (Å²) in [5, 5.41) is 11.3. The van der Waals surface area contributed by atoms with Crippen molar-refractivity contribution < 1.29 is 14.7 Å². The first-order valence-electron chi connectivity index (χ1n) is 5.66. The average molecular weight is 245 g/mol. The molecule has 0 spiro atoms. The van der Waals surface area contributed by atoms with Crippen LogP contribution in [0.15, 0.2) is 0 Å². The number of carboxylic acids is 1. The van der Waals surface area contributed by atoms with Crippen molar-refractivity contribution >= 4 is 11.9 Å². The molecule has 0 aromatic carbocycles. The highest BCUT2D eigenvalue weighted by Crippen LogP contribution is 2.03. The van der Waals surface area contributed by atoms with Crippen molar-refractivity contribution in [1.29, 1.82) is 0 Å². The summed E-state index contributed by atoms with van der Waals surface area (Å²) in [4.78, 5) is 24.1. The van der Waals surface area contributed by atoms with Gasteiger partial charge < -0.3 is 21.1 Å². The molecule has 2 atom stereocenters. The maximum atomic E-state index is 11.7. The molecule has 6 heteroatoms. The van der Waals surface area contributed by atoms with Crippen LogP contribution < -0.4 is 11.1 Å². The van der Waals surface area contributed by atoms with Gasteiger partial charge in [-0.1, -0.05) is 13.8 Å². The number of carbonyl (C=O) groups is 2. The summed E-state index contributed by atoms with van der Waals surface area (Å²) in [5.74, 6) is -1.22. The molecule has 17 heavy (non-hydrogen) atoms. The van der Waals surface area contributed by atoms with Crippen molar-refractivity contribution in [2.75, 3.05) is 20.6 Å². The Bertz CT molecular complexity index is 267. The monoisotopic (exact) mass is 245 g/mol. The lowest BCUT2D eigenvalue weighted by Crippen LogP contribution is -2.51. The Balaban J connectivity index is 4.34. The fourth-order valence-electron chi connectivity index (χ4n) is 1.39. The fourth-order valence-corrected chi connectivity index (χ4v) is 1.39. The number of nitrogens with one attached hydrogen (secondary N) is 1. The molecule has 0 heterocycles. The molecule has 0 rings (SSSR count). The molecule has 1 amide bonds. The first-order chi connectivity index (χ1) is 7.73. The van der Waals surface area contributed by atoms with E-state index in [9.17, 15) is 9.59 Å². The summed E-state index contributed by atoms with van der Waals surface area (Å²) in [6, 6.07) is -1.02. The number of nitrogens with two attached hydrogens (primary N) is 1. The van der Waals surface area contributed by atoms with Gasteiger partial charge in [0, 0.05) is 12.6 Å². The summed E-state index contributed by atoms with van der Waals surface area (Å²) < 4.78 is 0. The summed E-state index contributed by atoms with van der Waals surface area (Å²) in [6.07, 6.45) is -0.349. The van der Waals surface area contributed by atoms with Crippen molar-refractivity contribution in [3.63, 3.8) is 0 Å². The molecule has 6 nitrogen and oxygen atoms in total. The van der Waals surface area contributed by atoms with Gasteiger partial charge in [0.05, 0.1) is 12.5 Å². The van der Waals surface area contributed by atoms with Crippen LogP contribution in [-0.2, 0) is 9.59 Å². The van der Waals surface area contributed by atoms with E-state index in [0.717, 1.165) is 0 Å². The fraction of sp³-hybridized carbons (Fsp3) is 0.818. The van der Waals surface area contributed by atoms with Crippen molar-refractivity contribution in [3.8, 4) is 0 Å². The van der Waals surface area contributed by atoms with E-state index in [1.807, 2.05) is 32.8 Å². The van der Waals surface area contributed by atoms with Crippen molar-refractivity contribution in [3.05, 3.63) is 0 Å². The van der Waals surface area contributed by atoms with Crippen molar-refractivity contribution in [1.82, 2.24) is 10.2 Å². The third kappa shape index (κ3) is 6.91. The van der Waals surface area contributed by atoms with E-state index in [1.54, 1.807) is 0 Å². The zero-order chi connectivity index (χ0) is 13.6. The highest BCUT2D eigenvalue weighted by molar-refractivity contribution is 5.86. The van der Waals surface area contributed by atoms with Gasteiger partial charge in [-0.3, -0.25) is 9.59 Å². The quantitative estimate of drug-likeness (QED) is 0.561. The third-order valence-electron chi connectivity index (χ3n) is 2.43. The summed E-state index contributed by atoms with van der Waals surface area (Å²) in [7, 11) is 3.83. The smallest absolute Gasteiger partial charge is 0.305 e. The molecule has 0 aliphatic rings. The number of hydrogen-bond acceptors (Lipinski definition) is 4. The van der Waals surface area contributed by atoms with Gasteiger partial charge in [-0.15, -0.1) is 0 Å². The first-order valence-corrected chi connectivity index (χ1v) is 5.66. The Morgan fingerprint density at radius 3 is 2.24 bits per heavy atom. The minimum Gasteiger partial charge on any atom is -0.481 e. The lowest BCUT2D eigenvalue weighted by Gasteiger charge is -2.26. The number of likely N-dealkylation sites (N-methyl/N-ethyl adjacent to an activating group) is 1. The SMILES string of the molecule is CC(C)C(CN(C)C)NC(=O)C(N)CC(=O)O. The van der Waals surface area contributed by atoms with E-state index in [1.165, 1.54) is 0 Å². The van der Waals surface area contributed by atoms with Crippen molar-refractivity contribution in [2.24, 2.45) is 11.7 Å². The molecular weight excluding hydrogens is 222 g/mol. The van der Waals surface area contributed by atoms with Crippen LogP contribution in [0.5, 0.6) is 0 Å². The van der Waals surface area contributed by atoms with Gasteiger partial charge in [0.2, 0.25) is 5.91 Å². The lowest BCUT2D eigenvalue weighted by molar-refractivity contribution is -0.139. The Hall–Kier alpha value is -1.14. The van der Waals surface area contributed by atoms with Crippen molar-refractivity contribution in [2.45, 2.75) is 32.4 Å². The maximum Gasteiger partial charge on any atom is 0.305 e. The molecule has 0 saturated carbocycles. The molecule has 0 aliphatic carbocycles. The first kappa shape index (κ1) is 15.9. The van der Waals surface area contributed by atoms with Crippen LogP contribution in [0.4, 0.5) is 0 Å². The minimum atomic E-state index is -1.07. The number of amides is 1. The second kappa shape index (κ2) is 7.24. The molecular formula is C11H23N3O3. The van der Waals surface area contributed by atoms with E-state index < -0.39 is 17.9 Å². The van der Waals surface area contributed by atoms with Crippen LogP contribution in [0.1, 0.15) is 20.3 Å². The topological polar surface area (TPSA) is 95.7 Å². The molecule has 0 fully saturated rings. The number of nitrogens with zero attached hydrogens (tertiary/aromatic N) is 1. The second-order valence-electron chi connectivity index (χ2n) is 4.83. The predicted octanol–water partition coefficient (Wildman–Crippen LogP) is -0.509. The van der Waals surface area contributed by atoms with Crippen LogP contribution in [0.2, 0.25) is 0 Å². The molecule has 0 bridgehead atoms. The number of carboxylic acid groups (broad SMARTS) is 1. The van der Waals surface area contributed by atoms with Crippen LogP contribution in [0, 0.1) is 5.92 Å².